The molecule has 5 heteroatoms. The molecule has 2 heterocycles. The van der Waals surface area contributed by atoms with Gasteiger partial charge in [0.05, 0.1) is 6.54 Å². The zero-order chi connectivity index (χ0) is 12.9. The first-order chi connectivity index (χ1) is 9.40. The molecule has 0 amide bonds. The number of hydrogen-bond acceptors (Lipinski definition) is 4. The molecule has 0 bridgehead atoms. The Morgan fingerprint density at radius 2 is 2.21 bits per heavy atom. The molecule has 0 saturated carbocycles. The van der Waals surface area contributed by atoms with Crippen LogP contribution in [0.15, 0.2) is 36.9 Å². The zero-order valence-corrected chi connectivity index (χ0v) is 11.6. The van der Waals surface area contributed by atoms with E-state index in [9.17, 15) is 0 Å². The third-order valence-corrected chi connectivity index (χ3v) is 4.51. The Labute approximate surface area is 117 Å². The number of benzene rings is 1. The minimum absolute atomic E-state index is 0.625. The maximum Gasteiger partial charge on any atom is 0.137 e. The van der Waals surface area contributed by atoms with Crippen LogP contribution in [0.1, 0.15) is 18.4 Å². The summed E-state index contributed by atoms with van der Waals surface area (Å²) in [5.41, 5.74) is 2.46. The van der Waals surface area contributed by atoms with Gasteiger partial charge in [-0.2, -0.15) is 16.9 Å². The fourth-order valence-electron chi connectivity index (χ4n) is 2.30. The van der Waals surface area contributed by atoms with Crippen LogP contribution in [0.3, 0.4) is 0 Å². The van der Waals surface area contributed by atoms with Gasteiger partial charge in [0.15, 0.2) is 0 Å². The van der Waals surface area contributed by atoms with E-state index in [1.807, 2.05) is 16.4 Å². The number of anilines is 1. The fraction of sp³-hybridized carbons (Fsp3) is 0.429. The van der Waals surface area contributed by atoms with Crippen molar-refractivity contribution in [3.05, 3.63) is 42.5 Å². The van der Waals surface area contributed by atoms with Crippen molar-refractivity contribution in [3.8, 4) is 0 Å². The molecule has 0 aliphatic carbocycles. The third kappa shape index (κ3) is 3.50. The molecular formula is C14H18N4S. The molecule has 4 nitrogen and oxygen atoms in total. The highest BCUT2D eigenvalue weighted by atomic mass is 32.2. The van der Waals surface area contributed by atoms with Gasteiger partial charge in [-0.15, -0.1) is 0 Å². The van der Waals surface area contributed by atoms with E-state index in [1.165, 1.54) is 35.6 Å². The normalized spacial score (nSPS) is 19.3. The largest absolute Gasteiger partial charge is 0.381 e. The molecule has 19 heavy (non-hydrogen) atoms. The van der Waals surface area contributed by atoms with E-state index in [2.05, 4.69) is 39.7 Å². The van der Waals surface area contributed by atoms with Crippen LogP contribution in [0.2, 0.25) is 0 Å². The van der Waals surface area contributed by atoms with E-state index >= 15 is 0 Å². The van der Waals surface area contributed by atoms with Crippen LogP contribution < -0.4 is 5.32 Å². The molecule has 1 aliphatic rings. The van der Waals surface area contributed by atoms with Crippen LogP contribution in [0, 0.1) is 0 Å². The summed E-state index contributed by atoms with van der Waals surface area (Å²) in [4.78, 5) is 3.95. The van der Waals surface area contributed by atoms with Gasteiger partial charge >= 0.3 is 0 Å². The second kappa shape index (κ2) is 6.10. The lowest BCUT2D eigenvalue weighted by Gasteiger charge is -2.23. The second-order valence-corrected chi connectivity index (χ2v) is 6.00. The Kier molecular flexibility index (Phi) is 4.03. The van der Waals surface area contributed by atoms with Crippen LogP contribution in [0.5, 0.6) is 0 Å². The van der Waals surface area contributed by atoms with E-state index < -0.39 is 0 Å². The lowest BCUT2D eigenvalue weighted by Crippen LogP contribution is -2.25. The van der Waals surface area contributed by atoms with Crippen molar-refractivity contribution in [1.82, 2.24) is 14.8 Å². The van der Waals surface area contributed by atoms with Gasteiger partial charge in [0.25, 0.3) is 0 Å². The maximum absolute atomic E-state index is 4.11. The average Bonchev–Trinajstić information content (AvgIpc) is 2.95. The Morgan fingerprint density at radius 3 is 2.89 bits per heavy atom. The Morgan fingerprint density at radius 1 is 1.32 bits per heavy atom. The van der Waals surface area contributed by atoms with Crippen LogP contribution >= 0.6 is 11.8 Å². The monoisotopic (exact) mass is 274 g/mol. The van der Waals surface area contributed by atoms with Crippen molar-refractivity contribution in [3.63, 3.8) is 0 Å². The third-order valence-electron chi connectivity index (χ3n) is 3.30. The van der Waals surface area contributed by atoms with Gasteiger partial charge in [0.2, 0.25) is 0 Å². The predicted octanol–water partition coefficient (Wildman–Crippen LogP) is 2.63. The number of nitrogens with one attached hydrogen (secondary N) is 1. The molecule has 0 radical (unpaired) electrons. The van der Waals surface area contributed by atoms with Crippen molar-refractivity contribution >= 4 is 17.4 Å². The summed E-state index contributed by atoms with van der Waals surface area (Å²) in [6.07, 6.45) is 5.92. The summed E-state index contributed by atoms with van der Waals surface area (Å²) < 4.78 is 1.83. The minimum atomic E-state index is 0.625. The highest BCUT2D eigenvalue weighted by Gasteiger charge is 2.12. The lowest BCUT2D eigenvalue weighted by atomic mass is 10.1. The molecule has 0 spiro atoms. The highest BCUT2D eigenvalue weighted by molar-refractivity contribution is 7.99. The molecule has 1 unspecified atom stereocenters. The molecule has 100 valence electrons. The molecule has 1 fully saturated rings. The predicted molar refractivity (Wildman–Crippen MR) is 79.5 cm³/mol. The zero-order valence-electron chi connectivity index (χ0n) is 10.8. The van der Waals surface area contributed by atoms with Gasteiger partial charge in [0, 0.05) is 17.5 Å². The van der Waals surface area contributed by atoms with E-state index in [0.717, 1.165) is 6.54 Å². The summed E-state index contributed by atoms with van der Waals surface area (Å²) in [5.74, 6) is 2.54. The van der Waals surface area contributed by atoms with E-state index in [4.69, 9.17) is 0 Å². The number of nitrogens with zero attached hydrogens (tertiary/aromatic N) is 3. The first-order valence-electron chi connectivity index (χ1n) is 6.66. The van der Waals surface area contributed by atoms with E-state index in [-0.39, 0.29) is 0 Å². The van der Waals surface area contributed by atoms with Crippen molar-refractivity contribution in [2.45, 2.75) is 25.4 Å². The maximum atomic E-state index is 4.11. The molecule has 1 aliphatic heterocycles. The van der Waals surface area contributed by atoms with Crippen LogP contribution in [-0.2, 0) is 6.54 Å². The molecule has 1 aromatic heterocycles. The Balaban J connectivity index is 1.58. The topological polar surface area (TPSA) is 42.7 Å². The second-order valence-electron chi connectivity index (χ2n) is 4.85. The van der Waals surface area contributed by atoms with Gasteiger partial charge < -0.3 is 5.32 Å². The van der Waals surface area contributed by atoms with Crippen molar-refractivity contribution in [1.29, 1.82) is 0 Å². The summed E-state index contributed by atoms with van der Waals surface area (Å²) in [6, 6.07) is 9.25. The minimum Gasteiger partial charge on any atom is -0.381 e. The summed E-state index contributed by atoms with van der Waals surface area (Å²) in [6.45, 7) is 0.777. The molecule has 1 N–H and O–H groups in total. The van der Waals surface area contributed by atoms with Crippen molar-refractivity contribution in [2.75, 3.05) is 16.8 Å². The average molecular weight is 274 g/mol. The fourth-order valence-corrected chi connectivity index (χ4v) is 3.37. The first kappa shape index (κ1) is 12.5. The van der Waals surface area contributed by atoms with Gasteiger partial charge in [-0.1, -0.05) is 12.1 Å². The molecule has 1 saturated heterocycles. The van der Waals surface area contributed by atoms with Crippen molar-refractivity contribution < 1.29 is 0 Å². The Bertz CT molecular complexity index is 489. The van der Waals surface area contributed by atoms with E-state index in [0.29, 0.717) is 6.04 Å². The van der Waals surface area contributed by atoms with Gasteiger partial charge in [-0.3, -0.25) is 0 Å². The number of rotatable bonds is 4. The quantitative estimate of drug-likeness (QED) is 0.930. The molecule has 2 aromatic rings. The van der Waals surface area contributed by atoms with Gasteiger partial charge in [0.1, 0.15) is 12.7 Å². The number of aromatic nitrogens is 3. The SMILES string of the molecule is c1ncn(Cc2ccc(NC3CCCSC3)cc2)n1. The van der Waals surface area contributed by atoms with Gasteiger partial charge in [-0.05, 0) is 36.3 Å². The number of hydrogen-bond donors (Lipinski definition) is 1. The molecular weight excluding hydrogens is 256 g/mol. The van der Waals surface area contributed by atoms with Crippen LogP contribution in [0.25, 0.3) is 0 Å². The summed E-state index contributed by atoms with van der Waals surface area (Å²) in [7, 11) is 0. The number of thioether (sulfide) groups is 1. The molecule has 1 atom stereocenters. The summed E-state index contributed by atoms with van der Waals surface area (Å²) in [5, 5.41) is 7.73. The van der Waals surface area contributed by atoms with E-state index in [1.54, 1.807) is 12.7 Å². The van der Waals surface area contributed by atoms with Gasteiger partial charge in [-0.25, -0.2) is 9.67 Å². The van der Waals surface area contributed by atoms with Crippen LogP contribution in [0.4, 0.5) is 5.69 Å². The molecule has 3 rings (SSSR count). The molecule has 1 aromatic carbocycles. The lowest BCUT2D eigenvalue weighted by molar-refractivity contribution is 0.681. The van der Waals surface area contributed by atoms with Crippen molar-refractivity contribution in [2.24, 2.45) is 0 Å². The smallest absolute Gasteiger partial charge is 0.137 e. The Hall–Kier alpha value is -1.49. The highest BCUT2D eigenvalue weighted by Crippen LogP contribution is 2.21. The standard InChI is InChI=1S/C14H18N4S/c1-2-14(9-19-7-1)17-13-5-3-12(4-6-13)8-18-11-15-10-16-18/h3-6,10-11,14,17H,1-2,7-9H2. The first-order valence-corrected chi connectivity index (χ1v) is 7.81. The van der Waals surface area contributed by atoms with Crippen LogP contribution in [-0.4, -0.2) is 32.3 Å². The summed E-state index contributed by atoms with van der Waals surface area (Å²) >= 11 is 2.05.